The first-order chi connectivity index (χ1) is 7.70. The van der Waals surface area contributed by atoms with Gasteiger partial charge in [0.25, 0.3) is 0 Å². The molecule has 1 unspecified atom stereocenters. The van der Waals surface area contributed by atoms with Gasteiger partial charge in [-0.3, -0.25) is 4.79 Å². The lowest BCUT2D eigenvalue weighted by atomic mass is 10.2. The Balaban J connectivity index is 1.89. The summed E-state index contributed by atoms with van der Waals surface area (Å²) in [6.45, 7) is 0.00419. The van der Waals surface area contributed by atoms with Crippen LogP contribution in [0.3, 0.4) is 0 Å². The molecule has 1 aliphatic rings. The highest BCUT2D eigenvalue weighted by Gasteiger charge is 2.21. The molecule has 1 aromatic heterocycles. The van der Waals surface area contributed by atoms with Gasteiger partial charge in [-0.15, -0.1) is 0 Å². The number of amides is 1. The molecule has 5 nitrogen and oxygen atoms in total. The summed E-state index contributed by atoms with van der Waals surface area (Å²) in [5.41, 5.74) is 0.804. The van der Waals surface area contributed by atoms with Crippen LogP contribution in [0.4, 0.5) is 0 Å². The third kappa shape index (κ3) is 2.38. The molecule has 0 aromatic carbocycles. The van der Waals surface area contributed by atoms with E-state index in [1.807, 2.05) is 11.6 Å². The summed E-state index contributed by atoms with van der Waals surface area (Å²) in [6.07, 6.45) is 3.21. The zero-order valence-corrected chi connectivity index (χ0v) is 9.96. The van der Waals surface area contributed by atoms with Gasteiger partial charge in [0.1, 0.15) is 0 Å². The maximum Gasteiger partial charge on any atom is 0.220 e. The second-order valence-electron chi connectivity index (χ2n) is 3.86. The zero-order chi connectivity index (χ0) is 11.5. The van der Waals surface area contributed by atoms with E-state index < -0.39 is 0 Å². The van der Waals surface area contributed by atoms with Crippen LogP contribution in [0.1, 0.15) is 18.5 Å². The van der Waals surface area contributed by atoms with Crippen molar-refractivity contribution < 1.29 is 9.90 Å². The number of aromatic nitrogens is 2. The molecule has 6 heteroatoms. The Hall–Kier alpha value is -1.01. The average Bonchev–Trinajstić information content (AvgIpc) is 2.83. The fourth-order valence-electron chi connectivity index (χ4n) is 1.68. The Labute approximate surface area is 98.2 Å². The van der Waals surface area contributed by atoms with Crippen LogP contribution in [0.2, 0.25) is 0 Å². The van der Waals surface area contributed by atoms with Crippen molar-refractivity contribution in [2.24, 2.45) is 7.05 Å². The smallest absolute Gasteiger partial charge is 0.220 e. The average molecular weight is 241 g/mol. The number of nitrogens with one attached hydrogen (secondary N) is 1. The van der Waals surface area contributed by atoms with Crippen molar-refractivity contribution >= 4 is 17.7 Å². The molecule has 0 saturated carbocycles. The van der Waals surface area contributed by atoms with Gasteiger partial charge in [0.15, 0.2) is 5.16 Å². The van der Waals surface area contributed by atoms with Gasteiger partial charge >= 0.3 is 0 Å². The molecule has 88 valence electrons. The van der Waals surface area contributed by atoms with Crippen LogP contribution >= 0.6 is 11.8 Å². The van der Waals surface area contributed by atoms with Crippen molar-refractivity contribution in [2.75, 3.05) is 5.75 Å². The lowest BCUT2D eigenvalue weighted by molar-refractivity contribution is -0.119. The minimum absolute atomic E-state index is 0.00419. The van der Waals surface area contributed by atoms with E-state index in [9.17, 15) is 4.79 Å². The molecule has 0 spiro atoms. The van der Waals surface area contributed by atoms with Gasteiger partial charge in [-0.05, 0) is 6.42 Å². The van der Waals surface area contributed by atoms with E-state index in [0.717, 1.165) is 23.0 Å². The largest absolute Gasteiger partial charge is 0.390 e. The summed E-state index contributed by atoms with van der Waals surface area (Å²) in [4.78, 5) is 15.2. The van der Waals surface area contributed by atoms with Crippen LogP contribution in [0.25, 0.3) is 0 Å². The lowest BCUT2D eigenvalue weighted by Gasteiger charge is -2.09. The van der Waals surface area contributed by atoms with E-state index in [2.05, 4.69) is 10.3 Å². The molecule has 1 saturated heterocycles. The highest BCUT2D eigenvalue weighted by atomic mass is 32.2. The van der Waals surface area contributed by atoms with Crippen molar-refractivity contribution in [1.82, 2.24) is 14.9 Å². The van der Waals surface area contributed by atoms with Crippen molar-refractivity contribution in [3.8, 4) is 0 Å². The summed E-state index contributed by atoms with van der Waals surface area (Å²) < 4.78 is 1.88. The number of aliphatic hydroxyl groups is 1. The Kier molecular flexibility index (Phi) is 3.50. The second-order valence-corrected chi connectivity index (χ2v) is 4.85. The van der Waals surface area contributed by atoms with Gasteiger partial charge in [-0.1, -0.05) is 11.8 Å². The predicted octanol–water partition coefficient (Wildman–Crippen LogP) is 0.283. The van der Waals surface area contributed by atoms with Gasteiger partial charge in [0, 0.05) is 25.3 Å². The fraction of sp³-hybridized carbons (Fsp3) is 0.600. The molecule has 2 heterocycles. The normalized spacial score (nSPS) is 20.1. The molecular weight excluding hydrogens is 226 g/mol. The van der Waals surface area contributed by atoms with Crippen molar-refractivity contribution in [3.63, 3.8) is 0 Å². The molecular formula is C10H15N3O2S. The summed E-state index contributed by atoms with van der Waals surface area (Å²) in [6, 6.07) is 0.256. The molecule has 16 heavy (non-hydrogen) atoms. The number of carbonyl (C=O) groups is 1. The number of aliphatic hydroxyl groups excluding tert-OH is 1. The monoisotopic (exact) mass is 241 g/mol. The quantitative estimate of drug-likeness (QED) is 0.743. The van der Waals surface area contributed by atoms with Crippen LogP contribution in [0.15, 0.2) is 11.4 Å². The van der Waals surface area contributed by atoms with E-state index >= 15 is 0 Å². The molecule has 0 aliphatic carbocycles. The minimum atomic E-state index is 0.00419. The van der Waals surface area contributed by atoms with Crippen LogP contribution in [0, 0.1) is 0 Å². The van der Waals surface area contributed by atoms with Crippen LogP contribution in [-0.2, 0) is 18.4 Å². The number of hydrogen-bond acceptors (Lipinski definition) is 4. The van der Waals surface area contributed by atoms with Crippen LogP contribution in [0.5, 0.6) is 0 Å². The van der Waals surface area contributed by atoms with Crippen LogP contribution in [-0.4, -0.2) is 32.4 Å². The summed E-state index contributed by atoms with van der Waals surface area (Å²) in [7, 11) is 1.88. The van der Waals surface area contributed by atoms with Gasteiger partial charge in [0.2, 0.25) is 5.91 Å². The molecule has 0 radical (unpaired) electrons. The number of carbonyl (C=O) groups excluding carboxylic acids is 1. The zero-order valence-electron chi connectivity index (χ0n) is 9.14. The molecule has 1 atom stereocenters. The predicted molar refractivity (Wildman–Crippen MR) is 61.0 cm³/mol. The van der Waals surface area contributed by atoms with Gasteiger partial charge in [-0.2, -0.15) is 0 Å². The molecule has 1 fully saturated rings. The SMILES string of the molecule is Cn1c(CO)cnc1SCC1CCC(=O)N1. The van der Waals surface area contributed by atoms with Gasteiger partial charge in [-0.25, -0.2) is 4.98 Å². The maximum absolute atomic E-state index is 11.0. The first-order valence-electron chi connectivity index (χ1n) is 5.24. The molecule has 1 amide bonds. The van der Waals surface area contributed by atoms with Gasteiger partial charge in [0.05, 0.1) is 18.5 Å². The van der Waals surface area contributed by atoms with E-state index in [1.165, 1.54) is 0 Å². The standard InChI is InChI=1S/C10H15N3O2S/c1-13-8(5-14)4-11-10(13)16-6-7-2-3-9(15)12-7/h4,7,14H,2-3,5-6H2,1H3,(H,12,15). The highest BCUT2D eigenvalue weighted by molar-refractivity contribution is 7.99. The number of imidazole rings is 1. The third-order valence-electron chi connectivity index (χ3n) is 2.70. The highest BCUT2D eigenvalue weighted by Crippen LogP contribution is 2.21. The van der Waals surface area contributed by atoms with E-state index in [4.69, 9.17) is 5.11 Å². The van der Waals surface area contributed by atoms with Gasteiger partial charge < -0.3 is 15.0 Å². The number of nitrogens with zero attached hydrogens (tertiary/aromatic N) is 2. The summed E-state index contributed by atoms with van der Waals surface area (Å²) >= 11 is 1.61. The lowest BCUT2D eigenvalue weighted by Crippen LogP contribution is -2.27. The Morgan fingerprint density at radius 2 is 2.56 bits per heavy atom. The van der Waals surface area contributed by atoms with Crippen LogP contribution < -0.4 is 5.32 Å². The molecule has 1 aliphatic heterocycles. The Morgan fingerprint density at radius 3 is 3.12 bits per heavy atom. The molecule has 2 N–H and O–H groups in total. The van der Waals surface area contributed by atoms with Crippen molar-refractivity contribution in [2.45, 2.75) is 30.6 Å². The fourth-order valence-corrected chi connectivity index (χ4v) is 2.72. The van der Waals surface area contributed by atoms with E-state index in [0.29, 0.717) is 6.42 Å². The maximum atomic E-state index is 11.0. The van der Waals surface area contributed by atoms with E-state index in [1.54, 1.807) is 18.0 Å². The Bertz CT molecular complexity index is 391. The molecule has 0 bridgehead atoms. The minimum Gasteiger partial charge on any atom is -0.390 e. The van der Waals surface area contributed by atoms with Crippen molar-refractivity contribution in [1.29, 1.82) is 0 Å². The first-order valence-corrected chi connectivity index (χ1v) is 6.23. The first kappa shape index (κ1) is 11.5. The van der Waals surface area contributed by atoms with Crippen molar-refractivity contribution in [3.05, 3.63) is 11.9 Å². The van der Waals surface area contributed by atoms with E-state index in [-0.39, 0.29) is 18.6 Å². The second kappa shape index (κ2) is 4.88. The third-order valence-corrected chi connectivity index (χ3v) is 3.91. The summed E-state index contributed by atoms with van der Waals surface area (Å²) in [5, 5.41) is 12.8. The Morgan fingerprint density at radius 1 is 1.75 bits per heavy atom. The number of thioether (sulfide) groups is 1. The number of hydrogen-bond donors (Lipinski definition) is 2. The topological polar surface area (TPSA) is 67.1 Å². The summed E-state index contributed by atoms with van der Waals surface area (Å²) in [5.74, 6) is 0.975. The number of rotatable bonds is 4. The molecule has 2 rings (SSSR count). The molecule has 1 aromatic rings.